The van der Waals surface area contributed by atoms with Crippen LogP contribution < -0.4 is 9.46 Å². The van der Waals surface area contributed by atoms with Gasteiger partial charge in [-0.05, 0) is 73.9 Å². The highest BCUT2D eigenvalue weighted by atomic mass is 35.5. The third-order valence-corrected chi connectivity index (χ3v) is 8.98. The number of ether oxygens (including phenoxy) is 1. The minimum atomic E-state index is -3.96. The van der Waals surface area contributed by atoms with Gasteiger partial charge in [-0.3, -0.25) is 9.69 Å². The van der Waals surface area contributed by atoms with Crippen molar-refractivity contribution in [3.8, 4) is 5.75 Å². The van der Waals surface area contributed by atoms with Gasteiger partial charge in [-0.15, -0.1) is 0 Å². The number of carbonyl (C=O) groups excluding carboxylic acids is 1. The molecule has 1 aliphatic carbocycles. The molecule has 2 aromatic rings. The Morgan fingerprint density at radius 1 is 1.08 bits per heavy atom. The number of benzene rings is 2. The number of hydrogen-bond donors (Lipinski definition) is 1. The molecule has 1 unspecified atom stereocenters. The number of amides is 1. The molecule has 5 rings (SSSR count). The van der Waals surface area contributed by atoms with E-state index in [1.165, 1.54) is 12.1 Å². The number of piperidine rings is 1. The monoisotopic (exact) mass is 555 g/mol. The Morgan fingerprint density at radius 3 is 2.53 bits per heavy atom. The van der Waals surface area contributed by atoms with Crippen LogP contribution in [-0.4, -0.2) is 55.8 Å². The Labute approximate surface area is 220 Å². The molecule has 36 heavy (non-hydrogen) atoms. The molecular weight excluding hydrogens is 528 g/mol. The van der Waals surface area contributed by atoms with E-state index in [1.54, 1.807) is 6.07 Å². The molecule has 1 amide bonds. The standard InChI is InChI=1S/C25H28Cl2FN3O4S/c26-18-7-6-17(22(27)11-18)14-30-8-1-3-19(15-30)35-24-13-23(28)21(12-20(24)16-4-5-16)25(32)29-36(33,34)31-9-2-10-31/h6-7,11-13,16,19H,1-5,8-10,14-15H2,(H,29,32). The van der Waals surface area contributed by atoms with Gasteiger partial charge in [0, 0.05) is 42.3 Å². The van der Waals surface area contributed by atoms with Crippen LogP contribution in [0, 0.1) is 5.82 Å². The molecule has 0 radical (unpaired) electrons. The molecule has 0 aromatic heterocycles. The normalized spacial score (nSPS) is 21.1. The summed E-state index contributed by atoms with van der Waals surface area (Å²) in [6, 6.07) is 8.15. The smallest absolute Gasteiger partial charge is 0.304 e. The minimum absolute atomic E-state index is 0.145. The molecular formula is C25H28Cl2FN3O4S. The molecule has 0 spiro atoms. The summed E-state index contributed by atoms with van der Waals surface area (Å²) in [6.07, 6.45) is 4.18. The van der Waals surface area contributed by atoms with E-state index in [-0.39, 0.29) is 17.6 Å². The first-order valence-corrected chi connectivity index (χ1v) is 14.4. The molecule has 2 saturated heterocycles. The SMILES string of the molecule is O=C(NS(=O)(=O)N1CCC1)c1cc(C2CC2)c(OC2CCCN(Cc3ccc(Cl)cc3Cl)C2)cc1F. The Balaban J connectivity index is 1.30. The Kier molecular flexibility index (Phi) is 7.47. The third kappa shape index (κ3) is 5.81. The summed E-state index contributed by atoms with van der Waals surface area (Å²) in [5, 5.41) is 1.21. The van der Waals surface area contributed by atoms with Gasteiger partial charge in [0.15, 0.2) is 0 Å². The van der Waals surface area contributed by atoms with Crippen LogP contribution in [0.25, 0.3) is 0 Å². The number of nitrogens with zero attached hydrogens (tertiary/aromatic N) is 2. The molecule has 11 heteroatoms. The topological polar surface area (TPSA) is 79.0 Å². The van der Waals surface area contributed by atoms with E-state index in [4.69, 9.17) is 27.9 Å². The van der Waals surface area contributed by atoms with Gasteiger partial charge in [-0.25, -0.2) is 9.11 Å². The first-order valence-electron chi connectivity index (χ1n) is 12.2. The van der Waals surface area contributed by atoms with Crippen molar-refractivity contribution in [2.45, 2.75) is 50.7 Å². The average Bonchev–Trinajstić information content (AvgIpc) is 3.59. The lowest BCUT2D eigenvalue weighted by atomic mass is 10.0. The molecule has 7 nitrogen and oxygen atoms in total. The number of nitrogens with one attached hydrogen (secondary N) is 1. The lowest BCUT2D eigenvalue weighted by Gasteiger charge is -2.33. The van der Waals surface area contributed by atoms with Gasteiger partial charge in [0.1, 0.15) is 17.7 Å². The zero-order valence-electron chi connectivity index (χ0n) is 19.7. The summed E-state index contributed by atoms with van der Waals surface area (Å²) >= 11 is 12.4. The summed E-state index contributed by atoms with van der Waals surface area (Å²) in [4.78, 5) is 14.9. The van der Waals surface area contributed by atoms with Gasteiger partial charge in [0.2, 0.25) is 0 Å². The van der Waals surface area contributed by atoms with Crippen molar-refractivity contribution < 1.29 is 22.3 Å². The molecule has 194 valence electrons. The second kappa shape index (κ2) is 10.5. The number of hydrogen-bond acceptors (Lipinski definition) is 5. The number of halogens is 3. The van der Waals surface area contributed by atoms with Crippen LogP contribution in [0.3, 0.4) is 0 Å². The highest BCUT2D eigenvalue weighted by Crippen LogP contribution is 2.45. The maximum absolute atomic E-state index is 15.0. The Hall–Kier alpha value is -1.91. The lowest BCUT2D eigenvalue weighted by molar-refractivity contribution is 0.0832. The Bertz CT molecular complexity index is 1270. The second-order valence-corrected chi connectivity index (χ2v) is 12.2. The highest BCUT2D eigenvalue weighted by Gasteiger charge is 2.33. The van der Waals surface area contributed by atoms with E-state index in [0.29, 0.717) is 42.0 Å². The van der Waals surface area contributed by atoms with E-state index < -0.39 is 21.9 Å². The predicted molar refractivity (Wildman–Crippen MR) is 136 cm³/mol. The summed E-state index contributed by atoms with van der Waals surface area (Å²) < 4.78 is 49.1. The van der Waals surface area contributed by atoms with Crippen LogP contribution >= 0.6 is 23.2 Å². The van der Waals surface area contributed by atoms with Crippen LogP contribution in [0.1, 0.15) is 59.5 Å². The number of carbonyl (C=O) groups is 1. The molecule has 1 atom stereocenters. The maximum Gasteiger partial charge on any atom is 0.304 e. The van der Waals surface area contributed by atoms with Gasteiger partial charge < -0.3 is 4.74 Å². The number of likely N-dealkylation sites (tertiary alicyclic amines) is 1. The average molecular weight is 556 g/mol. The van der Waals surface area contributed by atoms with Crippen LogP contribution in [0.4, 0.5) is 4.39 Å². The van der Waals surface area contributed by atoms with Gasteiger partial charge in [0.25, 0.3) is 5.91 Å². The summed E-state index contributed by atoms with van der Waals surface area (Å²) in [7, 11) is -3.96. The van der Waals surface area contributed by atoms with Gasteiger partial charge in [-0.2, -0.15) is 12.7 Å². The molecule has 0 bridgehead atoms. The fourth-order valence-corrected chi connectivity index (χ4v) is 6.33. The molecule has 1 saturated carbocycles. The van der Waals surface area contributed by atoms with Gasteiger partial charge >= 0.3 is 10.2 Å². The van der Waals surface area contributed by atoms with Crippen molar-refractivity contribution in [3.63, 3.8) is 0 Å². The molecule has 2 aromatic carbocycles. The van der Waals surface area contributed by atoms with E-state index in [2.05, 4.69) is 4.90 Å². The van der Waals surface area contributed by atoms with Crippen LogP contribution in [-0.2, 0) is 16.8 Å². The lowest BCUT2D eigenvalue weighted by Crippen LogP contribution is -2.49. The fraction of sp³-hybridized carbons (Fsp3) is 0.480. The highest BCUT2D eigenvalue weighted by molar-refractivity contribution is 7.87. The van der Waals surface area contributed by atoms with E-state index >= 15 is 4.39 Å². The molecule has 2 heterocycles. The largest absolute Gasteiger partial charge is 0.489 e. The van der Waals surface area contributed by atoms with Gasteiger partial charge in [0.05, 0.1) is 5.56 Å². The predicted octanol–water partition coefficient (Wildman–Crippen LogP) is 4.73. The number of rotatable bonds is 8. The van der Waals surface area contributed by atoms with Crippen molar-refractivity contribution in [2.24, 2.45) is 0 Å². The summed E-state index contributed by atoms with van der Waals surface area (Å²) in [5.41, 5.74) is 1.45. The van der Waals surface area contributed by atoms with Crippen LogP contribution in [0.15, 0.2) is 30.3 Å². The van der Waals surface area contributed by atoms with Gasteiger partial charge in [-0.1, -0.05) is 29.3 Å². The van der Waals surface area contributed by atoms with E-state index in [1.807, 2.05) is 16.9 Å². The summed E-state index contributed by atoms with van der Waals surface area (Å²) in [5.74, 6) is -1.16. The first-order chi connectivity index (χ1) is 17.2. The molecule has 2 aliphatic heterocycles. The fourth-order valence-electron chi connectivity index (χ4n) is 4.65. The minimum Gasteiger partial charge on any atom is -0.489 e. The molecule has 3 fully saturated rings. The molecule has 3 aliphatic rings. The Morgan fingerprint density at radius 2 is 1.86 bits per heavy atom. The van der Waals surface area contributed by atoms with E-state index in [9.17, 15) is 13.2 Å². The van der Waals surface area contributed by atoms with Crippen molar-refractivity contribution in [3.05, 3.63) is 62.9 Å². The zero-order valence-corrected chi connectivity index (χ0v) is 22.0. The van der Waals surface area contributed by atoms with Crippen LogP contribution in [0.5, 0.6) is 5.75 Å². The van der Waals surface area contributed by atoms with Crippen molar-refractivity contribution in [1.82, 2.24) is 13.9 Å². The first kappa shape index (κ1) is 25.7. The quantitative estimate of drug-likeness (QED) is 0.509. The van der Waals surface area contributed by atoms with Crippen molar-refractivity contribution in [1.29, 1.82) is 0 Å². The maximum atomic E-state index is 15.0. The zero-order chi connectivity index (χ0) is 25.4. The third-order valence-electron chi connectivity index (χ3n) is 6.90. The van der Waals surface area contributed by atoms with Crippen molar-refractivity contribution >= 4 is 39.3 Å². The summed E-state index contributed by atoms with van der Waals surface area (Å²) in [6.45, 7) is 2.92. The van der Waals surface area contributed by atoms with E-state index in [0.717, 1.165) is 54.1 Å². The van der Waals surface area contributed by atoms with Crippen molar-refractivity contribution in [2.75, 3.05) is 26.2 Å². The van der Waals surface area contributed by atoms with Crippen LogP contribution in [0.2, 0.25) is 10.0 Å². The molecule has 1 N–H and O–H groups in total. The second-order valence-electron chi connectivity index (χ2n) is 9.69.